The summed E-state index contributed by atoms with van der Waals surface area (Å²) in [5.74, 6) is 0.576. The van der Waals surface area contributed by atoms with Crippen LogP contribution < -0.4 is 9.86 Å². The van der Waals surface area contributed by atoms with Crippen LogP contribution in [0.3, 0.4) is 0 Å². The van der Waals surface area contributed by atoms with E-state index in [0.717, 1.165) is 6.42 Å². The minimum absolute atomic E-state index is 0.131. The Balaban J connectivity index is 2.22. The van der Waals surface area contributed by atoms with E-state index in [0.29, 0.717) is 13.1 Å². The number of piperidine rings is 1. The number of sulfonamides is 1. The Hall–Kier alpha value is -1.16. The summed E-state index contributed by atoms with van der Waals surface area (Å²) in [7, 11) is -7.59. The summed E-state index contributed by atoms with van der Waals surface area (Å²) < 4.78 is 51.4. The molecule has 3 N–H and O–H groups in total. The molecule has 1 aromatic carbocycles. The molecule has 1 aliphatic heterocycles. The van der Waals surface area contributed by atoms with Gasteiger partial charge in [-0.25, -0.2) is 13.6 Å². The van der Waals surface area contributed by atoms with Gasteiger partial charge in [0.25, 0.3) is 0 Å². The molecule has 0 aromatic heterocycles. The lowest BCUT2D eigenvalue weighted by Crippen LogP contribution is -2.45. The van der Waals surface area contributed by atoms with Crippen molar-refractivity contribution in [3.63, 3.8) is 0 Å². The maximum Gasteiger partial charge on any atom is 0.301 e. The number of benzene rings is 1. The van der Waals surface area contributed by atoms with Crippen LogP contribution >= 0.6 is 0 Å². The van der Waals surface area contributed by atoms with E-state index in [9.17, 15) is 16.8 Å². The minimum Gasteiger partial charge on any atom is -0.271 e. The van der Waals surface area contributed by atoms with E-state index in [1.807, 2.05) is 13.8 Å². The number of nitrogens with two attached hydrogens (primary N) is 1. The van der Waals surface area contributed by atoms with Crippen LogP contribution in [0.2, 0.25) is 0 Å². The number of anilines is 1. The SMILES string of the molecule is C[C@H]1C[C@H](C)CN(S(=O)(=O)Nc2cccc(S(N)(=O)=O)c2)C1. The molecule has 2 rings (SSSR count). The van der Waals surface area contributed by atoms with Crippen molar-refractivity contribution in [3.05, 3.63) is 24.3 Å². The van der Waals surface area contributed by atoms with E-state index in [-0.39, 0.29) is 22.4 Å². The minimum atomic E-state index is -3.87. The van der Waals surface area contributed by atoms with Crippen LogP contribution in [0.15, 0.2) is 29.2 Å². The molecule has 0 radical (unpaired) electrons. The van der Waals surface area contributed by atoms with E-state index in [1.165, 1.54) is 28.6 Å². The predicted molar refractivity (Wildman–Crippen MR) is 84.9 cm³/mol. The van der Waals surface area contributed by atoms with Crippen molar-refractivity contribution in [2.45, 2.75) is 25.2 Å². The smallest absolute Gasteiger partial charge is 0.271 e. The molecule has 22 heavy (non-hydrogen) atoms. The Morgan fingerprint density at radius 2 is 1.73 bits per heavy atom. The van der Waals surface area contributed by atoms with Gasteiger partial charge in [0.05, 0.1) is 10.6 Å². The van der Waals surface area contributed by atoms with Crippen molar-refractivity contribution in [2.24, 2.45) is 17.0 Å². The normalized spacial score (nSPS) is 24.1. The first-order valence-corrected chi connectivity index (χ1v) is 9.97. The van der Waals surface area contributed by atoms with Crippen LogP contribution in [0.25, 0.3) is 0 Å². The second-order valence-corrected chi connectivity index (χ2v) is 9.18. The Bertz CT molecular complexity index is 736. The summed E-state index contributed by atoms with van der Waals surface area (Å²) in [4.78, 5) is -0.131. The van der Waals surface area contributed by atoms with Crippen molar-refractivity contribution in [1.82, 2.24) is 4.31 Å². The lowest BCUT2D eigenvalue weighted by atomic mass is 9.94. The zero-order chi connectivity index (χ0) is 16.5. The molecule has 1 aliphatic rings. The highest BCUT2D eigenvalue weighted by Crippen LogP contribution is 2.24. The summed E-state index contributed by atoms with van der Waals surface area (Å²) >= 11 is 0. The van der Waals surface area contributed by atoms with Gasteiger partial charge in [-0.2, -0.15) is 12.7 Å². The van der Waals surface area contributed by atoms with E-state index < -0.39 is 20.2 Å². The zero-order valence-electron chi connectivity index (χ0n) is 12.6. The second kappa shape index (κ2) is 6.15. The lowest BCUT2D eigenvalue weighted by Gasteiger charge is -2.34. The Morgan fingerprint density at radius 1 is 1.14 bits per heavy atom. The first kappa shape index (κ1) is 17.2. The van der Waals surface area contributed by atoms with E-state index in [2.05, 4.69) is 4.72 Å². The van der Waals surface area contributed by atoms with Gasteiger partial charge in [0.2, 0.25) is 10.0 Å². The van der Waals surface area contributed by atoms with Crippen molar-refractivity contribution >= 4 is 25.9 Å². The molecule has 2 atom stereocenters. The van der Waals surface area contributed by atoms with Gasteiger partial charge in [-0.05, 0) is 36.5 Å². The highest BCUT2D eigenvalue weighted by molar-refractivity contribution is 7.90. The number of hydrogen-bond acceptors (Lipinski definition) is 4. The van der Waals surface area contributed by atoms with Gasteiger partial charge in [-0.1, -0.05) is 19.9 Å². The molecule has 0 spiro atoms. The summed E-state index contributed by atoms with van der Waals surface area (Å²) in [6.45, 7) is 4.93. The van der Waals surface area contributed by atoms with Crippen molar-refractivity contribution < 1.29 is 16.8 Å². The third-order valence-electron chi connectivity index (χ3n) is 3.58. The van der Waals surface area contributed by atoms with E-state index in [4.69, 9.17) is 5.14 Å². The second-order valence-electron chi connectivity index (χ2n) is 5.94. The number of rotatable bonds is 4. The van der Waals surface area contributed by atoms with Crippen LogP contribution in [-0.2, 0) is 20.2 Å². The number of primary sulfonamides is 1. The summed E-state index contributed by atoms with van der Waals surface area (Å²) in [6.07, 6.45) is 0.993. The fourth-order valence-corrected chi connectivity index (χ4v) is 4.77. The molecule has 124 valence electrons. The fraction of sp³-hybridized carbons (Fsp3) is 0.538. The predicted octanol–water partition coefficient (Wildman–Crippen LogP) is 0.969. The zero-order valence-corrected chi connectivity index (χ0v) is 14.2. The number of nitrogens with zero attached hydrogens (tertiary/aromatic N) is 1. The van der Waals surface area contributed by atoms with Crippen LogP contribution in [-0.4, -0.2) is 34.2 Å². The highest BCUT2D eigenvalue weighted by Gasteiger charge is 2.30. The number of hydrogen-bond donors (Lipinski definition) is 2. The first-order valence-electron chi connectivity index (χ1n) is 6.98. The quantitative estimate of drug-likeness (QED) is 0.845. The van der Waals surface area contributed by atoms with Gasteiger partial charge in [0, 0.05) is 13.1 Å². The van der Waals surface area contributed by atoms with Gasteiger partial charge in [-0.15, -0.1) is 0 Å². The van der Waals surface area contributed by atoms with E-state index >= 15 is 0 Å². The van der Waals surface area contributed by atoms with Gasteiger partial charge < -0.3 is 0 Å². The fourth-order valence-electron chi connectivity index (χ4n) is 2.75. The molecule has 0 bridgehead atoms. The molecular formula is C13H21N3O4S2. The van der Waals surface area contributed by atoms with Crippen LogP contribution in [0.4, 0.5) is 5.69 Å². The topological polar surface area (TPSA) is 110 Å². The van der Waals surface area contributed by atoms with E-state index in [1.54, 1.807) is 0 Å². The summed E-state index contributed by atoms with van der Waals surface area (Å²) in [5.41, 5.74) is 0.178. The molecule has 9 heteroatoms. The third-order valence-corrected chi connectivity index (χ3v) is 5.97. The summed E-state index contributed by atoms with van der Waals surface area (Å²) in [6, 6.07) is 5.46. The van der Waals surface area contributed by atoms with Crippen molar-refractivity contribution in [1.29, 1.82) is 0 Å². The molecule has 0 aliphatic carbocycles. The Labute approximate surface area is 131 Å². The summed E-state index contributed by atoms with van der Waals surface area (Å²) in [5, 5.41) is 5.05. The maximum absolute atomic E-state index is 12.4. The molecular weight excluding hydrogens is 326 g/mol. The molecule has 1 saturated heterocycles. The van der Waals surface area contributed by atoms with Crippen LogP contribution in [0, 0.1) is 11.8 Å². The third kappa shape index (κ3) is 4.19. The molecule has 0 unspecified atom stereocenters. The van der Waals surface area contributed by atoms with Crippen LogP contribution in [0.1, 0.15) is 20.3 Å². The molecule has 1 aromatic rings. The lowest BCUT2D eigenvalue weighted by molar-refractivity contribution is 0.223. The van der Waals surface area contributed by atoms with Crippen LogP contribution in [0.5, 0.6) is 0 Å². The molecule has 7 nitrogen and oxygen atoms in total. The average Bonchev–Trinajstić information content (AvgIpc) is 2.36. The van der Waals surface area contributed by atoms with Gasteiger partial charge >= 0.3 is 10.2 Å². The monoisotopic (exact) mass is 347 g/mol. The standard InChI is InChI=1S/C13H21N3O4S2/c1-10-6-11(2)9-16(8-10)22(19,20)15-12-4-3-5-13(7-12)21(14,17)18/h3-5,7,10-11,15H,6,8-9H2,1-2H3,(H2,14,17,18)/t10-,11-/m0/s1. The average molecular weight is 347 g/mol. The largest absolute Gasteiger partial charge is 0.301 e. The number of nitrogens with one attached hydrogen (secondary N) is 1. The maximum atomic E-state index is 12.4. The molecule has 0 saturated carbocycles. The first-order chi connectivity index (χ1) is 10.1. The van der Waals surface area contributed by atoms with Crippen molar-refractivity contribution in [3.8, 4) is 0 Å². The van der Waals surface area contributed by atoms with Crippen molar-refractivity contribution in [2.75, 3.05) is 17.8 Å². The Kier molecular flexibility index (Phi) is 4.81. The Morgan fingerprint density at radius 3 is 2.27 bits per heavy atom. The molecule has 1 fully saturated rings. The van der Waals surface area contributed by atoms with Gasteiger partial charge in [0.1, 0.15) is 0 Å². The van der Waals surface area contributed by atoms with Gasteiger partial charge in [0.15, 0.2) is 0 Å². The highest BCUT2D eigenvalue weighted by atomic mass is 32.2. The molecule has 1 heterocycles. The molecule has 0 amide bonds. The van der Waals surface area contributed by atoms with Gasteiger partial charge in [-0.3, -0.25) is 4.72 Å².